The third kappa shape index (κ3) is 3.18. The molecule has 0 spiro atoms. The Labute approximate surface area is 91.3 Å². The van der Waals surface area contributed by atoms with E-state index in [1.54, 1.807) is 7.11 Å². The molecule has 0 saturated heterocycles. The molecule has 1 saturated carbocycles. The molecule has 0 heterocycles. The van der Waals surface area contributed by atoms with E-state index in [0.717, 1.165) is 12.8 Å². The topological polar surface area (TPSA) is 47.6 Å². The number of hydrogen-bond acceptors (Lipinski definition) is 4. The number of esters is 1. The first-order chi connectivity index (χ1) is 7.15. The lowest BCUT2D eigenvalue weighted by Crippen LogP contribution is -2.53. The second-order valence-electron chi connectivity index (χ2n) is 4.12. The fourth-order valence-corrected chi connectivity index (χ4v) is 1.74. The van der Waals surface area contributed by atoms with E-state index in [4.69, 9.17) is 9.47 Å². The van der Waals surface area contributed by atoms with Crippen LogP contribution < -0.4 is 5.32 Å². The van der Waals surface area contributed by atoms with Gasteiger partial charge in [-0.2, -0.15) is 0 Å². The van der Waals surface area contributed by atoms with E-state index < -0.39 is 5.54 Å². The summed E-state index contributed by atoms with van der Waals surface area (Å²) in [7, 11) is 1.65. The lowest BCUT2D eigenvalue weighted by atomic mass is 9.96. The van der Waals surface area contributed by atoms with Gasteiger partial charge in [0.15, 0.2) is 0 Å². The molecule has 1 aliphatic carbocycles. The Morgan fingerprint density at radius 3 is 2.67 bits per heavy atom. The van der Waals surface area contributed by atoms with Gasteiger partial charge in [0.2, 0.25) is 0 Å². The molecule has 1 aliphatic rings. The second kappa shape index (κ2) is 5.47. The van der Waals surface area contributed by atoms with Crippen molar-refractivity contribution < 1.29 is 14.3 Å². The highest BCUT2D eigenvalue weighted by molar-refractivity contribution is 5.81. The lowest BCUT2D eigenvalue weighted by molar-refractivity contribution is -0.151. The predicted molar refractivity (Wildman–Crippen MR) is 57.6 cm³/mol. The maximum absolute atomic E-state index is 11.8. The molecule has 0 aliphatic heterocycles. The number of carbonyl (C=O) groups excluding carboxylic acids is 1. The molecule has 4 nitrogen and oxygen atoms in total. The Hall–Kier alpha value is -0.610. The van der Waals surface area contributed by atoms with E-state index in [1.807, 2.05) is 13.8 Å². The van der Waals surface area contributed by atoms with Crippen LogP contribution in [0.1, 0.15) is 26.7 Å². The average molecular weight is 215 g/mol. The van der Waals surface area contributed by atoms with Gasteiger partial charge >= 0.3 is 5.97 Å². The highest BCUT2D eigenvalue weighted by Crippen LogP contribution is 2.40. The summed E-state index contributed by atoms with van der Waals surface area (Å²) in [6.45, 7) is 5.50. The number of rotatable bonds is 7. The van der Waals surface area contributed by atoms with Crippen LogP contribution in [0, 0.1) is 5.92 Å². The number of ether oxygens (including phenoxy) is 2. The van der Waals surface area contributed by atoms with Crippen molar-refractivity contribution in [1.82, 2.24) is 5.32 Å². The molecule has 1 rings (SSSR count). The molecular weight excluding hydrogens is 194 g/mol. The number of nitrogens with one attached hydrogen (secondary N) is 1. The number of carbonyl (C=O) groups is 1. The zero-order valence-electron chi connectivity index (χ0n) is 9.84. The maximum atomic E-state index is 11.8. The maximum Gasteiger partial charge on any atom is 0.326 e. The van der Waals surface area contributed by atoms with E-state index in [9.17, 15) is 4.79 Å². The van der Waals surface area contributed by atoms with Crippen LogP contribution in [0.5, 0.6) is 0 Å². The summed E-state index contributed by atoms with van der Waals surface area (Å²) >= 11 is 0. The summed E-state index contributed by atoms with van der Waals surface area (Å²) < 4.78 is 10.1. The number of hydrogen-bond donors (Lipinski definition) is 1. The van der Waals surface area contributed by atoms with Crippen LogP contribution in [-0.2, 0) is 14.3 Å². The van der Waals surface area contributed by atoms with Crippen LogP contribution in [0.15, 0.2) is 0 Å². The second-order valence-corrected chi connectivity index (χ2v) is 4.12. The van der Waals surface area contributed by atoms with Crippen molar-refractivity contribution in [3.63, 3.8) is 0 Å². The quantitative estimate of drug-likeness (QED) is 0.507. The van der Waals surface area contributed by atoms with Crippen molar-refractivity contribution in [2.45, 2.75) is 32.2 Å². The van der Waals surface area contributed by atoms with Gasteiger partial charge in [0.1, 0.15) is 5.54 Å². The Morgan fingerprint density at radius 1 is 1.53 bits per heavy atom. The van der Waals surface area contributed by atoms with Crippen LogP contribution in [-0.4, -0.2) is 38.4 Å². The minimum atomic E-state index is -0.519. The fourth-order valence-electron chi connectivity index (χ4n) is 1.74. The molecule has 1 atom stereocenters. The van der Waals surface area contributed by atoms with Gasteiger partial charge in [-0.05, 0) is 32.6 Å². The van der Waals surface area contributed by atoms with Gasteiger partial charge in [-0.1, -0.05) is 0 Å². The summed E-state index contributed by atoms with van der Waals surface area (Å²) in [4.78, 5) is 11.8. The lowest BCUT2D eigenvalue weighted by Gasteiger charge is -2.28. The first-order valence-electron chi connectivity index (χ1n) is 5.56. The average Bonchev–Trinajstić information content (AvgIpc) is 3.01. The van der Waals surface area contributed by atoms with Crippen molar-refractivity contribution in [3.05, 3.63) is 0 Å². The van der Waals surface area contributed by atoms with Crippen LogP contribution in [0.4, 0.5) is 0 Å². The SMILES string of the molecule is CCOC(=O)C(C)(NCCOC)C1CC1. The van der Waals surface area contributed by atoms with Gasteiger partial charge in [0.05, 0.1) is 13.2 Å². The normalized spacial score (nSPS) is 19.7. The first-order valence-corrected chi connectivity index (χ1v) is 5.56. The Kier molecular flexibility index (Phi) is 4.54. The smallest absolute Gasteiger partial charge is 0.326 e. The minimum absolute atomic E-state index is 0.136. The predicted octanol–water partition coefficient (Wildman–Crippen LogP) is 0.954. The molecule has 0 aromatic carbocycles. The van der Waals surface area contributed by atoms with Gasteiger partial charge in [0, 0.05) is 13.7 Å². The molecule has 0 amide bonds. The highest BCUT2D eigenvalue weighted by atomic mass is 16.5. The summed E-state index contributed by atoms with van der Waals surface area (Å²) in [6, 6.07) is 0. The van der Waals surface area contributed by atoms with E-state index in [0.29, 0.717) is 25.7 Å². The molecule has 15 heavy (non-hydrogen) atoms. The number of methoxy groups -OCH3 is 1. The molecule has 4 heteroatoms. The van der Waals surface area contributed by atoms with E-state index in [-0.39, 0.29) is 5.97 Å². The summed E-state index contributed by atoms with van der Waals surface area (Å²) in [5.41, 5.74) is -0.519. The fraction of sp³-hybridized carbons (Fsp3) is 0.909. The first kappa shape index (κ1) is 12.5. The van der Waals surface area contributed by atoms with Crippen LogP contribution in [0.25, 0.3) is 0 Å². The van der Waals surface area contributed by atoms with Crippen molar-refractivity contribution in [3.8, 4) is 0 Å². The molecule has 88 valence electrons. The standard InChI is InChI=1S/C11H21NO3/c1-4-15-10(13)11(2,9-5-6-9)12-7-8-14-3/h9,12H,4-8H2,1-3H3. The molecule has 1 fully saturated rings. The zero-order valence-corrected chi connectivity index (χ0v) is 9.84. The minimum Gasteiger partial charge on any atom is -0.465 e. The van der Waals surface area contributed by atoms with Crippen LogP contribution in [0.3, 0.4) is 0 Å². The van der Waals surface area contributed by atoms with Gasteiger partial charge in [-0.25, -0.2) is 0 Å². The summed E-state index contributed by atoms with van der Waals surface area (Å²) in [5.74, 6) is 0.289. The Morgan fingerprint density at radius 2 is 2.20 bits per heavy atom. The molecule has 1 N–H and O–H groups in total. The van der Waals surface area contributed by atoms with Crippen molar-refractivity contribution in [2.24, 2.45) is 5.92 Å². The van der Waals surface area contributed by atoms with Gasteiger partial charge in [-0.3, -0.25) is 10.1 Å². The Bertz CT molecular complexity index is 216. The highest BCUT2D eigenvalue weighted by Gasteiger charge is 2.47. The largest absolute Gasteiger partial charge is 0.465 e. The molecule has 0 aromatic rings. The van der Waals surface area contributed by atoms with Crippen molar-refractivity contribution in [2.75, 3.05) is 26.9 Å². The van der Waals surface area contributed by atoms with Crippen LogP contribution >= 0.6 is 0 Å². The van der Waals surface area contributed by atoms with Gasteiger partial charge in [0.25, 0.3) is 0 Å². The van der Waals surface area contributed by atoms with Crippen molar-refractivity contribution >= 4 is 5.97 Å². The van der Waals surface area contributed by atoms with Gasteiger partial charge < -0.3 is 9.47 Å². The van der Waals surface area contributed by atoms with E-state index in [1.165, 1.54) is 0 Å². The third-order valence-corrected chi connectivity index (χ3v) is 2.89. The monoisotopic (exact) mass is 215 g/mol. The summed E-state index contributed by atoms with van der Waals surface area (Å²) in [6.07, 6.45) is 2.21. The molecular formula is C11H21NO3. The molecule has 1 unspecified atom stereocenters. The van der Waals surface area contributed by atoms with E-state index >= 15 is 0 Å². The Balaban J connectivity index is 2.49. The van der Waals surface area contributed by atoms with Gasteiger partial charge in [-0.15, -0.1) is 0 Å². The molecule has 0 aromatic heterocycles. The molecule has 0 bridgehead atoms. The van der Waals surface area contributed by atoms with Crippen molar-refractivity contribution in [1.29, 1.82) is 0 Å². The summed E-state index contributed by atoms with van der Waals surface area (Å²) in [5, 5.41) is 3.24. The van der Waals surface area contributed by atoms with Crippen LogP contribution in [0.2, 0.25) is 0 Å². The molecule has 0 radical (unpaired) electrons. The third-order valence-electron chi connectivity index (χ3n) is 2.89. The zero-order chi connectivity index (χ0) is 11.3. The van der Waals surface area contributed by atoms with E-state index in [2.05, 4.69) is 5.32 Å².